The molecule has 2 heterocycles. The highest BCUT2D eigenvalue weighted by molar-refractivity contribution is 6.34. The number of rotatable bonds is 7. The molecule has 154 valence electrons. The first kappa shape index (κ1) is 20.8. The Morgan fingerprint density at radius 3 is 2.66 bits per heavy atom. The molecule has 1 aromatic carbocycles. The van der Waals surface area contributed by atoms with E-state index < -0.39 is 5.82 Å². The number of nitrogens with zero attached hydrogens (tertiary/aromatic N) is 1. The van der Waals surface area contributed by atoms with Gasteiger partial charge in [0.15, 0.2) is 0 Å². The van der Waals surface area contributed by atoms with Crippen molar-refractivity contribution in [1.29, 1.82) is 0 Å². The zero-order valence-electron chi connectivity index (χ0n) is 17.3. The van der Waals surface area contributed by atoms with Crippen molar-refractivity contribution in [2.24, 2.45) is 0 Å². The van der Waals surface area contributed by atoms with Crippen molar-refractivity contribution in [2.45, 2.75) is 27.7 Å². The van der Waals surface area contributed by atoms with Gasteiger partial charge in [0.1, 0.15) is 5.82 Å². The lowest BCUT2D eigenvalue weighted by Crippen LogP contribution is -2.35. The highest BCUT2D eigenvalue weighted by Crippen LogP contribution is 2.34. The van der Waals surface area contributed by atoms with Gasteiger partial charge in [-0.3, -0.25) is 9.59 Å². The predicted octanol–water partition coefficient (Wildman–Crippen LogP) is 3.33. The molecule has 0 atom stereocenters. The molecule has 2 aromatic rings. The summed E-state index contributed by atoms with van der Waals surface area (Å²) in [5, 5.41) is 5.65. The van der Waals surface area contributed by atoms with Crippen LogP contribution in [0.4, 0.5) is 10.1 Å². The molecule has 1 aromatic heterocycles. The average molecular weight is 398 g/mol. The number of carbonyl (C=O) groups excluding carboxylic acids is 2. The highest BCUT2D eigenvalue weighted by Gasteiger charge is 2.26. The van der Waals surface area contributed by atoms with Crippen LogP contribution < -0.4 is 10.6 Å². The molecule has 1 aliphatic heterocycles. The van der Waals surface area contributed by atoms with Gasteiger partial charge in [-0.05, 0) is 56.8 Å². The molecule has 29 heavy (non-hydrogen) atoms. The number of carbonyl (C=O) groups is 2. The molecular weight excluding hydrogens is 371 g/mol. The van der Waals surface area contributed by atoms with Gasteiger partial charge in [-0.15, -0.1) is 0 Å². The Hall–Kier alpha value is -2.93. The second-order valence-corrected chi connectivity index (χ2v) is 7.15. The van der Waals surface area contributed by atoms with E-state index in [1.165, 1.54) is 12.1 Å². The fraction of sp³-hybridized carbons (Fsp3) is 0.364. The third-order valence-electron chi connectivity index (χ3n) is 5.36. The molecule has 0 saturated carbocycles. The van der Waals surface area contributed by atoms with E-state index in [-0.39, 0.29) is 11.8 Å². The summed E-state index contributed by atoms with van der Waals surface area (Å²) in [4.78, 5) is 30.5. The van der Waals surface area contributed by atoms with Gasteiger partial charge in [-0.1, -0.05) is 13.8 Å². The van der Waals surface area contributed by atoms with E-state index in [1.54, 1.807) is 12.1 Å². The topological polar surface area (TPSA) is 77.2 Å². The van der Waals surface area contributed by atoms with Gasteiger partial charge in [0, 0.05) is 30.0 Å². The quantitative estimate of drug-likeness (QED) is 0.626. The zero-order valence-corrected chi connectivity index (χ0v) is 17.3. The fourth-order valence-electron chi connectivity index (χ4n) is 3.67. The van der Waals surface area contributed by atoms with Gasteiger partial charge in [0.2, 0.25) is 0 Å². The molecular formula is C22H27FN4O2. The standard InChI is InChI=1S/C22H27FN4O2/c1-5-27(6-2)10-9-24-22(29)20-13(3)18(25-14(20)4)12-17-16-8-7-15(23)11-19(16)26-21(17)28/h7-8,11-12,25H,5-6,9-10H2,1-4H3,(H,24,29)(H,26,28). The predicted molar refractivity (Wildman–Crippen MR) is 113 cm³/mol. The Bertz CT molecular complexity index is 973. The van der Waals surface area contributed by atoms with Crippen LogP contribution in [0.1, 0.15) is 46.7 Å². The van der Waals surface area contributed by atoms with Crippen LogP contribution in [0.5, 0.6) is 0 Å². The summed E-state index contributed by atoms with van der Waals surface area (Å²) in [5.41, 5.74) is 4.35. The van der Waals surface area contributed by atoms with E-state index >= 15 is 0 Å². The van der Waals surface area contributed by atoms with E-state index in [0.29, 0.717) is 34.6 Å². The number of nitrogens with one attached hydrogen (secondary N) is 3. The molecule has 0 radical (unpaired) electrons. The number of hydrogen-bond acceptors (Lipinski definition) is 3. The maximum atomic E-state index is 13.4. The maximum absolute atomic E-state index is 13.4. The minimum atomic E-state index is -0.402. The van der Waals surface area contributed by atoms with Crippen molar-refractivity contribution in [3.63, 3.8) is 0 Å². The van der Waals surface area contributed by atoms with Gasteiger partial charge < -0.3 is 20.5 Å². The average Bonchev–Trinajstić information content (AvgIpc) is 3.14. The third-order valence-corrected chi connectivity index (χ3v) is 5.36. The van der Waals surface area contributed by atoms with Crippen LogP contribution >= 0.6 is 0 Å². The molecule has 3 N–H and O–H groups in total. The smallest absolute Gasteiger partial charge is 0.256 e. The van der Waals surface area contributed by atoms with Crippen LogP contribution in [-0.2, 0) is 4.79 Å². The van der Waals surface area contributed by atoms with E-state index in [2.05, 4.69) is 34.4 Å². The Morgan fingerprint density at radius 2 is 1.97 bits per heavy atom. The summed E-state index contributed by atoms with van der Waals surface area (Å²) in [6.07, 6.45) is 1.72. The first-order chi connectivity index (χ1) is 13.8. The minimum absolute atomic E-state index is 0.133. The monoisotopic (exact) mass is 398 g/mol. The van der Waals surface area contributed by atoms with Crippen LogP contribution in [0.2, 0.25) is 0 Å². The van der Waals surface area contributed by atoms with Crippen LogP contribution in [0, 0.1) is 19.7 Å². The molecule has 0 spiro atoms. The van der Waals surface area contributed by atoms with Gasteiger partial charge in [0.25, 0.3) is 11.8 Å². The van der Waals surface area contributed by atoms with Crippen molar-refractivity contribution in [3.8, 4) is 0 Å². The van der Waals surface area contributed by atoms with Gasteiger partial charge >= 0.3 is 0 Å². The number of aromatic amines is 1. The number of halogens is 1. The van der Waals surface area contributed by atoms with E-state index in [0.717, 1.165) is 30.9 Å². The van der Waals surface area contributed by atoms with Gasteiger partial charge in [-0.25, -0.2) is 4.39 Å². The van der Waals surface area contributed by atoms with Crippen molar-refractivity contribution < 1.29 is 14.0 Å². The Kier molecular flexibility index (Phi) is 6.17. The van der Waals surface area contributed by atoms with E-state index in [1.807, 2.05) is 13.8 Å². The normalized spacial score (nSPS) is 14.4. The molecule has 0 bridgehead atoms. The Morgan fingerprint density at radius 1 is 1.24 bits per heavy atom. The lowest BCUT2D eigenvalue weighted by molar-refractivity contribution is -0.110. The lowest BCUT2D eigenvalue weighted by atomic mass is 10.0. The number of aromatic nitrogens is 1. The lowest BCUT2D eigenvalue weighted by Gasteiger charge is -2.18. The largest absolute Gasteiger partial charge is 0.358 e. The van der Waals surface area contributed by atoms with Crippen molar-refractivity contribution in [1.82, 2.24) is 15.2 Å². The summed E-state index contributed by atoms with van der Waals surface area (Å²) in [6.45, 7) is 11.1. The molecule has 1 aliphatic rings. The number of H-pyrrole nitrogens is 1. The number of aryl methyl sites for hydroxylation is 1. The second kappa shape index (κ2) is 8.61. The second-order valence-electron chi connectivity index (χ2n) is 7.15. The Labute approximate surface area is 170 Å². The van der Waals surface area contributed by atoms with Crippen LogP contribution in [0.25, 0.3) is 11.6 Å². The highest BCUT2D eigenvalue weighted by atomic mass is 19.1. The fourth-order valence-corrected chi connectivity index (χ4v) is 3.67. The van der Waals surface area contributed by atoms with Crippen molar-refractivity contribution in [3.05, 3.63) is 52.1 Å². The van der Waals surface area contributed by atoms with Crippen molar-refractivity contribution in [2.75, 3.05) is 31.5 Å². The zero-order chi connectivity index (χ0) is 21.1. The summed E-state index contributed by atoms with van der Waals surface area (Å²) < 4.78 is 13.4. The molecule has 7 heteroatoms. The number of fused-ring (bicyclic) bond motifs is 1. The molecule has 0 aliphatic carbocycles. The number of likely N-dealkylation sites (N-methyl/N-ethyl adjacent to an activating group) is 1. The summed E-state index contributed by atoms with van der Waals surface area (Å²) >= 11 is 0. The molecule has 0 unspecified atom stereocenters. The molecule has 3 rings (SSSR count). The summed E-state index contributed by atoms with van der Waals surface area (Å²) in [6, 6.07) is 4.21. The molecule has 0 saturated heterocycles. The van der Waals surface area contributed by atoms with Crippen LogP contribution in [0.15, 0.2) is 18.2 Å². The van der Waals surface area contributed by atoms with E-state index in [4.69, 9.17) is 0 Å². The first-order valence-corrected chi connectivity index (χ1v) is 9.88. The van der Waals surface area contributed by atoms with Crippen molar-refractivity contribution >= 4 is 29.2 Å². The minimum Gasteiger partial charge on any atom is -0.358 e. The number of amides is 2. The summed E-state index contributed by atoms with van der Waals surface area (Å²) in [5.74, 6) is -0.824. The molecule has 6 nitrogen and oxygen atoms in total. The first-order valence-electron chi connectivity index (χ1n) is 9.88. The number of hydrogen-bond donors (Lipinski definition) is 3. The summed E-state index contributed by atoms with van der Waals surface area (Å²) in [7, 11) is 0. The maximum Gasteiger partial charge on any atom is 0.256 e. The number of benzene rings is 1. The Balaban J connectivity index is 1.82. The number of anilines is 1. The molecule has 0 fully saturated rings. The SMILES string of the molecule is CCN(CC)CCNC(=O)c1c(C)[nH]c(C=C2C(=O)Nc3cc(F)ccc32)c1C. The van der Waals surface area contributed by atoms with Crippen LogP contribution in [0.3, 0.4) is 0 Å². The van der Waals surface area contributed by atoms with Gasteiger partial charge in [-0.2, -0.15) is 0 Å². The van der Waals surface area contributed by atoms with Crippen LogP contribution in [-0.4, -0.2) is 47.9 Å². The third kappa shape index (κ3) is 4.24. The van der Waals surface area contributed by atoms with Gasteiger partial charge in [0.05, 0.1) is 16.8 Å². The molecule has 2 amide bonds. The van der Waals surface area contributed by atoms with E-state index in [9.17, 15) is 14.0 Å².